The van der Waals surface area contributed by atoms with Crippen molar-refractivity contribution in [2.45, 2.75) is 13.5 Å². The van der Waals surface area contributed by atoms with E-state index in [1.807, 2.05) is 37.3 Å². The molecular weight excluding hydrogens is 386 g/mol. The highest BCUT2D eigenvalue weighted by Crippen LogP contribution is 2.23. The molecule has 4 nitrogen and oxygen atoms in total. The van der Waals surface area contributed by atoms with E-state index in [0.29, 0.717) is 33.9 Å². The minimum atomic E-state index is -0.202. The van der Waals surface area contributed by atoms with Gasteiger partial charge in [-0.2, -0.15) is 0 Å². The Morgan fingerprint density at radius 2 is 1.76 bits per heavy atom. The van der Waals surface area contributed by atoms with Gasteiger partial charge >= 0.3 is 0 Å². The second kappa shape index (κ2) is 7.94. The molecule has 0 aliphatic heterocycles. The predicted molar refractivity (Wildman–Crippen MR) is 115 cm³/mol. The van der Waals surface area contributed by atoms with Crippen LogP contribution in [0.3, 0.4) is 0 Å². The number of carbonyl (C=O) groups is 1. The summed E-state index contributed by atoms with van der Waals surface area (Å²) in [6.07, 6.45) is 0. The summed E-state index contributed by atoms with van der Waals surface area (Å²) in [5, 5.41) is 4.03. The van der Waals surface area contributed by atoms with Crippen LogP contribution < -0.4 is 10.7 Å². The molecule has 0 bridgehead atoms. The van der Waals surface area contributed by atoms with Crippen molar-refractivity contribution in [1.29, 1.82) is 0 Å². The molecule has 1 amide bonds. The zero-order valence-electron chi connectivity index (χ0n) is 15.7. The first-order valence-electron chi connectivity index (χ1n) is 9.18. The molecular formula is C24H18ClNO3. The molecule has 5 heteroatoms. The molecule has 0 fully saturated rings. The molecule has 3 aromatic carbocycles. The van der Waals surface area contributed by atoms with Crippen LogP contribution in [-0.4, -0.2) is 5.91 Å². The van der Waals surface area contributed by atoms with Gasteiger partial charge in [-0.25, -0.2) is 0 Å². The van der Waals surface area contributed by atoms with Crippen LogP contribution in [0.15, 0.2) is 82.0 Å². The Balaban J connectivity index is 1.54. The van der Waals surface area contributed by atoms with E-state index in [4.69, 9.17) is 16.0 Å². The molecule has 0 aliphatic rings. The first kappa shape index (κ1) is 19.0. The number of rotatable bonds is 4. The number of nitrogens with one attached hydrogen (secondary N) is 1. The Bertz CT molecular complexity index is 1260. The third-order valence-electron chi connectivity index (χ3n) is 4.71. The number of benzene rings is 3. The summed E-state index contributed by atoms with van der Waals surface area (Å²) >= 11 is 6.12. The number of hydrogen-bond acceptors (Lipinski definition) is 3. The van der Waals surface area contributed by atoms with Crippen LogP contribution in [-0.2, 0) is 6.54 Å². The molecule has 0 saturated heterocycles. The predicted octanol–water partition coefficient (Wildman–Crippen LogP) is 5.35. The largest absolute Gasteiger partial charge is 0.456 e. The monoisotopic (exact) mass is 403 g/mol. The van der Waals surface area contributed by atoms with Crippen LogP contribution in [0, 0.1) is 6.92 Å². The van der Waals surface area contributed by atoms with Gasteiger partial charge in [0.25, 0.3) is 5.91 Å². The third-order valence-corrected chi connectivity index (χ3v) is 5.08. The van der Waals surface area contributed by atoms with E-state index in [2.05, 4.69) is 5.32 Å². The van der Waals surface area contributed by atoms with Gasteiger partial charge in [0, 0.05) is 28.8 Å². The highest BCUT2D eigenvalue weighted by Gasteiger charge is 2.10. The standard InChI is InChI=1S/C24H18ClNO3/c1-15-6-11-22-19(12-15)21(27)13-23(29-22)16-7-9-17(10-8-16)24(28)26-14-18-4-2-3-5-20(18)25/h2-13H,14H2,1H3,(H,26,28). The fraction of sp³-hybridized carbons (Fsp3) is 0.0833. The van der Waals surface area contributed by atoms with E-state index in [1.165, 1.54) is 6.07 Å². The Labute approximate surface area is 172 Å². The van der Waals surface area contributed by atoms with E-state index in [9.17, 15) is 9.59 Å². The van der Waals surface area contributed by atoms with Gasteiger partial charge in [0.15, 0.2) is 5.43 Å². The number of fused-ring (bicyclic) bond motifs is 1. The number of amides is 1. The van der Waals surface area contributed by atoms with Crippen LogP contribution in [0.5, 0.6) is 0 Å². The van der Waals surface area contributed by atoms with E-state index >= 15 is 0 Å². The van der Waals surface area contributed by atoms with Gasteiger partial charge < -0.3 is 9.73 Å². The lowest BCUT2D eigenvalue weighted by molar-refractivity contribution is 0.0951. The number of halogens is 1. The molecule has 0 radical (unpaired) electrons. The van der Waals surface area contributed by atoms with Crippen LogP contribution in [0.25, 0.3) is 22.3 Å². The maximum absolute atomic E-state index is 12.4. The van der Waals surface area contributed by atoms with Crippen LogP contribution in [0.4, 0.5) is 0 Å². The molecule has 0 spiro atoms. The van der Waals surface area contributed by atoms with Crippen LogP contribution >= 0.6 is 11.6 Å². The SMILES string of the molecule is Cc1ccc2oc(-c3ccc(C(=O)NCc4ccccc4Cl)cc3)cc(=O)c2c1. The molecule has 29 heavy (non-hydrogen) atoms. The van der Waals surface area contributed by atoms with E-state index in [1.54, 1.807) is 36.4 Å². The molecule has 4 rings (SSSR count). The maximum atomic E-state index is 12.4. The van der Waals surface area contributed by atoms with E-state index in [-0.39, 0.29) is 11.3 Å². The van der Waals surface area contributed by atoms with Crippen molar-refractivity contribution in [2.75, 3.05) is 0 Å². The van der Waals surface area contributed by atoms with Crippen molar-refractivity contribution in [2.24, 2.45) is 0 Å². The lowest BCUT2D eigenvalue weighted by Gasteiger charge is -2.08. The van der Waals surface area contributed by atoms with Crippen molar-refractivity contribution in [3.63, 3.8) is 0 Å². The molecule has 4 aromatic rings. The van der Waals surface area contributed by atoms with Gasteiger partial charge in [-0.05, 0) is 42.8 Å². The number of carbonyl (C=O) groups excluding carboxylic acids is 1. The fourth-order valence-electron chi connectivity index (χ4n) is 3.12. The highest BCUT2D eigenvalue weighted by molar-refractivity contribution is 6.31. The lowest BCUT2D eigenvalue weighted by atomic mass is 10.1. The topological polar surface area (TPSA) is 59.3 Å². The Hall–Kier alpha value is -3.37. The zero-order chi connectivity index (χ0) is 20.4. The van der Waals surface area contributed by atoms with Gasteiger partial charge in [0.2, 0.25) is 0 Å². The van der Waals surface area contributed by atoms with Crippen LogP contribution in [0.2, 0.25) is 5.02 Å². The minimum Gasteiger partial charge on any atom is -0.456 e. The van der Waals surface area contributed by atoms with Crippen molar-refractivity contribution in [3.8, 4) is 11.3 Å². The molecule has 1 heterocycles. The molecule has 0 atom stereocenters. The summed E-state index contributed by atoms with van der Waals surface area (Å²) in [6.45, 7) is 2.28. The Kier molecular flexibility index (Phi) is 5.19. The second-order valence-electron chi connectivity index (χ2n) is 6.83. The molecule has 0 saturated carbocycles. The van der Waals surface area contributed by atoms with Gasteiger partial charge in [-0.3, -0.25) is 9.59 Å². The highest BCUT2D eigenvalue weighted by atomic mass is 35.5. The summed E-state index contributed by atoms with van der Waals surface area (Å²) in [5.41, 5.74) is 3.55. The van der Waals surface area contributed by atoms with E-state index in [0.717, 1.165) is 16.7 Å². The summed E-state index contributed by atoms with van der Waals surface area (Å²) in [7, 11) is 0. The summed E-state index contributed by atoms with van der Waals surface area (Å²) in [4.78, 5) is 24.8. The quantitative estimate of drug-likeness (QED) is 0.499. The first-order chi connectivity index (χ1) is 14.0. The Morgan fingerprint density at radius 3 is 2.52 bits per heavy atom. The molecule has 1 aromatic heterocycles. The Morgan fingerprint density at radius 1 is 1.00 bits per heavy atom. The van der Waals surface area contributed by atoms with Gasteiger partial charge in [0.05, 0.1) is 5.39 Å². The van der Waals surface area contributed by atoms with Crippen molar-refractivity contribution >= 4 is 28.5 Å². The number of hydrogen-bond donors (Lipinski definition) is 1. The van der Waals surface area contributed by atoms with Gasteiger partial charge in [-0.1, -0.05) is 53.6 Å². The average molecular weight is 404 g/mol. The molecule has 1 N–H and O–H groups in total. The first-order valence-corrected chi connectivity index (χ1v) is 9.55. The molecule has 0 aliphatic carbocycles. The normalized spacial score (nSPS) is 10.8. The summed E-state index contributed by atoms with van der Waals surface area (Å²) in [5.74, 6) is 0.265. The second-order valence-corrected chi connectivity index (χ2v) is 7.23. The van der Waals surface area contributed by atoms with Gasteiger partial charge in [0.1, 0.15) is 11.3 Å². The smallest absolute Gasteiger partial charge is 0.251 e. The lowest BCUT2D eigenvalue weighted by Crippen LogP contribution is -2.22. The zero-order valence-corrected chi connectivity index (χ0v) is 16.5. The molecule has 0 unspecified atom stereocenters. The van der Waals surface area contributed by atoms with E-state index < -0.39 is 0 Å². The van der Waals surface area contributed by atoms with Crippen molar-refractivity contribution in [3.05, 3.63) is 105 Å². The third kappa shape index (κ3) is 4.08. The van der Waals surface area contributed by atoms with Gasteiger partial charge in [-0.15, -0.1) is 0 Å². The fourth-order valence-corrected chi connectivity index (χ4v) is 3.32. The summed E-state index contributed by atoms with van der Waals surface area (Å²) in [6, 6.07) is 21.3. The summed E-state index contributed by atoms with van der Waals surface area (Å²) < 4.78 is 5.89. The maximum Gasteiger partial charge on any atom is 0.251 e. The van der Waals surface area contributed by atoms with Crippen LogP contribution in [0.1, 0.15) is 21.5 Å². The number of aryl methyl sites for hydroxylation is 1. The molecule has 144 valence electrons. The minimum absolute atomic E-state index is 0.0912. The average Bonchev–Trinajstić information content (AvgIpc) is 2.73. The van der Waals surface area contributed by atoms with Crippen molar-refractivity contribution < 1.29 is 9.21 Å². The van der Waals surface area contributed by atoms with Crippen molar-refractivity contribution in [1.82, 2.24) is 5.32 Å².